The quantitative estimate of drug-likeness (QED) is 0.885. The van der Waals surface area contributed by atoms with Gasteiger partial charge in [0.25, 0.3) is 0 Å². The normalized spacial score (nSPS) is 14.5. The zero-order valence-corrected chi connectivity index (χ0v) is 12.0. The maximum atomic E-state index is 5.13. The van der Waals surface area contributed by atoms with Gasteiger partial charge >= 0.3 is 0 Å². The van der Waals surface area contributed by atoms with Crippen LogP contribution in [0.25, 0.3) is 0 Å². The number of nitrogens with one attached hydrogen (secondary N) is 1. The molecule has 2 aromatic heterocycles. The van der Waals surface area contributed by atoms with E-state index in [9.17, 15) is 0 Å². The molecule has 1 saturated heterocycles. The molecule has 3 rings (SSSR count). The third-order valence-corrected chi connectivity index (χ3v) is 3.29. The molecule has 0 radical (unpaired) electrons. The average molecular weight is 287 g/mol. The summed E-state index contributed by atoms with van der Waals surface area (Å²) in [5, 5.41) is 3.28. The molecule has 1 aliphatic heterocycles. The lowest BCUT2D eigenvalue weighted by molar-refractivity contribution is 0.372. The minimum atomic E-state index is 0.281. The first-order valence-electron chi connectivity index (χ1n) is 6.68. The maximum absolute atomic E-state index is 5.13. The fourth-order valence-corrected chi connectivity index (χ4v) is 2.16. The van der Waals surface area contributed by atoms with Gasteiger partial charge < -0.3 is 19.7 Å². The van der Waals surface area contributed by atoms with Crippen molar-refractivity contribution in [2.45, 2.75) is 6.04 Å². The Labute approximate surface area is 123 Å². The number of hydrogen-bond acceptors (Lipinski definition) is 7. The summed E-state index contributed by atoms with van der Waals surface area (Å²) < 4.78 is 10.3. The summed E-state index contributed by atoms with van der Waals surface area (Å²) in [6.45, 7) is 1.72. The van der Waals surface area contributed by atoms with E-state index in [1.165, 1.54) is 0 Å². The van der Waals surface area contributed by atoms with E-state index in [0.717, 1.165) is 18.9 Å². The summed E-state index contributed by atoms with van der Waals surface area (Å²) in [4.78, 5) is 15.0. The Morgan fingerprint density at radius 1 is 1.14 bits per heavy atom. The summed E-state index contributed by atoms with van der Waals surface area (Å²) in [5.74, 6) is 2.45. The van der Waals surface area contributed by atoms with Crippen LogP contribution in [-0.4, -0.2) is 48.3 Å². The molecule has 110 valence electrons. The number of anilines is 2. The van der Waals surface area contributed by atoms with Crippen molar-refractivity contribution in [2.24, 2.45) is 0 Å². The summed E-state index contributed by atoms with van der Waals surface area (Å²) in [6.07, 6.45) is 1.80. The van der Waals surface area contributed by atoms with Gasteiger partial charge in [0.05, 0.1) is 26.3 Å². The number of rotatable bonds is 5. The molecule has 0 saturated carbocycles. The minimum absolute atomic E-state index is 0.281. The number of methoxy groups -OCH3 is 2. The van der Waals surface area contributed by atoms with Crippen LogP contribution in [0.1, 0.15) is 0 Å². The molecular formula is C14H17N5O2. The van der Waals surface area contributed by atoms with Crippen molar-refractivity contribution in [3.8, 4) is 11.8 Å². The largest absolute Gasteiger partial charge is 0.481 e. The highest BCUT2D eigenvalue weighted by molar-refractivity contribution is 5.45. The fraction of sp³-hybridized carbons (Fsp3) is 0.357. The molecule has 7 heteroatoms. The van der Waals surface area contributed by atoms with Gasteiger partial charge in [-0.15, -0.1) is 0 Å². The molecule has 0 spiro atoms. The summed E-state index contributed by atoms with van der Waals surface area (Å²) in [7, 11) is 3.13. The number of ether oxygens (including phenoxy) is 2. The average Bonchev–Trinajstić information content (AvgIpc) is 2.50. The monoisotopic (exact) mass is 287 g/mol. The van der Waals surface area contributed by atoms with Crippen LogP contribution in [0.15, 0.2) is 30.5 Å². The molecular weight excluding hydrogens is 270 g/mol. The Kier molecular flexibility index (Phi) is 3.72. The predicted octanol–water partition coefficient (Wildman–Crippen LogP) is 1.19. The predicted molar refractivity (Wildman–Crippen MR) is 79.0 cm³/mol. The Hall–Kier alpha value is -2.57. The van der Waals surface area contributed by atoms with Gasteiger partial charge in [-0.1, -0.05) is 6.07 Å². The summed E-state index contributed by atoms with van der Waals surface area (Å²) >= 11 is 0. The van der Waals surface area contributed by atoms with E-state index in [2.05, 4.69) is 25.2 Å². The molecule has 21 heavy (non-hydrogen) atoms. The van der Waals surface area contributed by atoms with E-state index in [0.29, 0.717) is 17.7 Å². The van der Waals surface area contributed by atoms with Gasteiger partial charge in [0.15, 0.2) is 0 Å². The first-order chi connectivity index (χ1) is 10.3. The van der Waals surface area contributed by atoms with Gasteiger partial charge in [-0.25, -0.2) is 4.98 Å². The molecule has 1 aliphatic rings. The lowest BCUT2D eigenvalue weighted by Crippen LogP contribution is -2.55. The van der Waals surface area contributed by atoms with Crippen molar-refractivity contribution in [2.75, 3.05) is 37.5 Å². The zero-order valence-electron chi connectivity index (χ0n) is 12.0. The molecule has 0 atom stereocenters. The van der Waals surface area contributed by atoms with Gasteiger partial charge in [-0.3, -0.25) is 0 Å². The number of nitrogens with zero attached hydrogens (tertiary/aromatic N) is 4. The lowest BCUT2D eigenvalue weighted by atomic mass is 10.1. The van der Waals surface area contributed by atoms with Crippen molar-refractivity contribution < 1.29 is 9.47 Å². The van der Waals surface area contributed by atoms with Crippen molar-refractivity contribution >= 4 is 11.8 Å². The van der Waals surface area contributed by atoms with Crippen LogP contribution in [0.2, 0.25) is 0 Å². The van der Waals surface area contributed by atoms with Crippen LogP contribution in [-0.2, 0) is 0 Å². The molecule has 0 bridgehead atoms. The van der Waals surface area contributed by atoms with Crippen LogP contribution in [0.4, 0.5) is 11.8 Å². The Bertz CT molecular complexity index is 579. The second kappa shape index (κ2) is 5.82. The maximum Gasteiger partial charge on any atom is 0.229 e. The van der Waals surface area contributed by atoms with Gasteiger partial charge in [0.2, 0.25) is 17.7 Å². The summed E-state index contributed by atoms with van der Waals surface area (Å²) in [5.41, 5.74) is 0. The molecule has 0 unspecified atom stereocenters. The molecule has 0 aromatic carbocycles. The highest BCUT2D eigenvalue weighted by Gasteiger charge is 2.28. The Balaban J connectivity index is 1.62. The topological polar surface area (TPSA) is 72.4 Å². The highest BCUT2D eigenvalue weighted by Crippen LogP contribution is 2.22. The first-order valence-corrected chi connectivity index (χ1v) is 6.68. The van der Waals surface area contributed by atoms with Crippen LogP contribution in [0.3, 0.4) is 0 Å². The fourth-order valence-electron chi connectivity index (χ4n) is 2.16. The third kappa shape index (κ3) is 2.96. The first kappa shape index (κ1) is 13.4. The molecule has 3 heterocycles. The Morgan fingerprint density at radius 3 is 2.43 bits per heavy atom. The van der Waals surface area contributed by atoms with Gasteiger partial charge in [-0.05, 0) is 12.1 Å². The van der Waals surface area contributed by atoms with Crippen LogP contribution in [0, 0.1) is 0 Å². The van der Waals surface area contributed by atoms with Gasteiger partial charge in [0.1, 0.15) is 5.82 Å². The smallest absolute Gasteiger partial charge is 0.229 e. The van der Waals surface area contributed by atoms with E-state index in [-0.39, 0.29) is 6.04 Å². The van der Waals surface area contributed by atoms with Crippen molar-refractivity contribution in [3.05, 3.63) is 30.5 Å². The molecule has 0 aliphatic carbocycles. The molecule has 7 nitrogen and oxygen atoms in total. The van der Waals surface area contributed by atoms with E-state index in [4.69, 9.17) is 9.47 Å². The van der Waals surface area contributed by atoms with Crippen molar-refractivity contribution in [3.63, 3.8) is 0 Å². The van der Waals surface area contributed by atoms with E-state index in [1.807, 2.05) is 18.2 Å². The van der Waals surface area contributed by atoms with E-state index >= 15 is 0 Å². The van der Waals surface area contributed by atoms with Crippen LogP contribution < -0.4 is 19.7 Å². The second-order valence-corrected chi connectivity index (χ2v) is 4.71. The Morgan fingerprint density at radius 2 is 1.86 bits per heavy atom. The third-order valence-electron chi connectivity index (χ3n) is 3.29. The molecule has 2 aromatic rings. The number of aromatic nitrogens is 3. The van der Waals surface area contributed by atoms with E-state index < -0.39 is 0 Å². The van der Waals surface area contributed by atoms with Crippen molar-refractivity contribution in [1.29, 1.82) is 0 Å². The van der Waals surface area contributed by atoms with Gasteiger partial charge in [-0.2, -0.15) is 9.97 Å². The summed E-state index contributed by atoms with van der Waals surface area (Å²) in [6, 6.07) is 7.82. The molecule has 1 N–H and O–H groups in total. The second-order valence-electron chi connectivity index (χ2n) is 4.71. The van der Waals surface area contributed by atoms with Crippen LogP contribution >= 0.6 is 0 Å². The van der Waals surface area contributed by atoms with Crippen molar-refractivity contribution in [1.82, 2.24) is 15.0 Å². The highest BCUT2D eigenvalue weighted by atomic mass is 16.5. The number of pyridine rings is 1. The minimum Gasteiger partial charge on any atom is -0.481 e. The lowest BCUT2D eigenvalue weighted by Gasteiger charge is -2.40. The SMILES string of the molecule is COc1cc(OC)nc(NC2CN(c3ccccn3)C2)n1. The van der Waals surface area contributed by atoms with Crippen LogP contribution in [0.5, 0.6) is 11.8 Å². The number of hydrogen-bond donors (Lipinski definition) is 1. The standard InChI is InChI=1S/C14H17N5O2/c1-20-12-7-13(21-2)18-14(17-12)16-10-8-19(9-10)11-5-3-4-6-15-11/h3-7,10H,8-9H2,1-2H3,(H,16,17,18). The van der Waals surface area contributed by atoms with Gasteiger partial charge in [0, 0.05) is 19.3 Å². The van der Waals surface area contributed by atoms with E-state index in [1.54, 1.807) is 26.5 Å². The molecule has 1 fully saturated rings. The molecule has 0 amide bonds. The zero-order chi connectivity index (χ0) is 14.7.